The largest absolute Gasteiger partial charge is 0.383 e. The Kier molecular flexibility index (Phi) is 7.82. The SMILES string of the molecule is COCCNCCCOC1CCC(C)C(C)C1. The van der Waals surface area contributed by atoms with Crippen molar-refractivity contribution in [3.8, 4) is 0 Å². The molecule has 0 radical (unpaired) electrons. The van der Waals surface area contributed by atoms with Gasteiger partial charge in [0.2, 0.25) is 0 Å². The highest BCUT2D eigenvalue weighted by molar-refractivity contribution is 4.75. The van der Waals surface area contributed by atoms with E-state index < -0.39 is 0 Å². The van der Waals surface area contributed by atoms with Crippen LogP contribution in [0.25, 0.3) is 0 Å². The number of nitrogens with one attached hydrogen (secondary N) is 1. The van der Waals surface area contributed by atoms with Gasteiger partial charge < -0.3 is 14.8 Å². The lowest BCUT2D eigenvalue weighted by atomic mass is 9.80. The van der Waals surface area contributed by atoms with Crippen molar-refractivity contribution in [3.05, 3.63) is 0 Å². The van der Waals surface area contributed by atoms with Gasteiger partial charge in [-0.2, -0.15) is 0 Å². The van der Waals surface area contributed by atoms with Gasteiger partial charge in [0.05, 0.1) is 12.7 Å². The van der Waals surface area contributed by atoms with Gasteiger partial charge in [-0.15, -0.1) is 0 Å². The van der Waals surface area contributed by atoms with Crippen molar-refractivity contribution in [2.24, 2.45) is 11.8 Å². The minimum atomic E-state index is 0.514. The molecule has 3 heteroatoms. The van der Waals surface area contributed by atoms with Crippen molar-refractivity contribution < 1.29 is 9.47 Å². The molecule has 3 unspecified atom stereocenters. The Morgan fingerprint density at radius 3 is 2.59 bits per heavy atom. The minimum absolute atomic E-state index is 0.514. The summed E-state index contributed by atoms with van der Waals surface area (Å²) in [5, 5.41) is 3.33. The number of rotatable bonds is 8. The first-order valence-electron chi connectivity index (χ1n) is 7.05. The molecule has 0 aromatic heterocycles. The van der Waals surface area contributed by atoms with Crippen molar-refractivity contribution in [3.63, 3.8) is 0 Å². The van der Waals surface area contributed by atoms with Gasteiger partial charge in [0.15, 0.2) is 0 Å². The van der Waals surface area contributed by atoms with E-state index in [1.807, 2.05) is 0 Å². The predicted octanol–water partition coefficient (Wildman–Crippen LogP) is 2.45. The fourth-order valence-electron chi connectivity index (χ4n) is 2.40. The van der Waals surface area contributed by atoms with Crippen LogP contribution in [0.15, 0.2) is 0 Å². The third-order valence-corrected chi connectivity index (χ3v) is 3.88. The van der Waals surface area contributed by atoms with Crippen molar-refractivity contribution >= 4 is 0 Å². The molecule has 0 aromatic rings. The zero-order valence-corrected chi connectivity index (χ0v) is 11.7. The van der Waals surface area contributed by atoms with E-state index in [0.717, 1.165) is 44.6 Å². The molecule has 0 spiro atoms. The summed E-state index contributed by atoms with van der Waals surface area (Å²) in [6, 6.07) is 0. The topological polar surface area (TPSA) is 30.5 Å². The molecule has 17 heavy (non-hydrogen) atoms. The van der Waals surface area contributed by atoms with E-state index >= 15 is 0 Å². The van der Waals surface area contributed by atoms with E-state index in [2.05, 4.69) is 19.2 Å². The summed E-state index contributed by atoms with van der Waals surface area (Å²) in [6.45, 7) is 8.37. The number of hydrogen-bond donors (Lipinski definition) is 1. The molecule has 0 aliphatic heterocycles. The van der Waals surface area contributed by atoms with Gasteiger partial charge in [-0.05, 0) is 44.1 Å². The van der Waals surface area contributed by atoms with Crippen LogP contribution in [0.5, 0.6) is 0 Å². The summed E-state index contributed by atoms with van der Waals surface area (Å²) >= 11 is 0. The highest BCUT2D eigenvalue weighted by Crippen LogP contribution is 2.30. The van der Waals surface area contributed by atoms with Crippen LogP contribution in [-0.2, 0) is 9.47 Å². The third kappa shape index (κ3) is 6.39. The summed E-state index contributed by atoms with van der Waals surface area (Å²) in [7, 11) is 1.73. The lowest BCUT2D eigenvalue weighted by Crippen LogP contribution is -2.28. The zero-order chi connectivity index (χ0) is 12.5. The van der Waals surface area contributed by atoms with Crippen LogP contribution in [0, 0.1) is 11.8 Å². The van der Waals surface area contributed by atoms with E-state index in [9.17, 15) is 0 Å². The van der Waals surface area contributed by atoms with Crippen molar-refractivity contribution in [1.29, 1.82) is 0 Å². The van der Waals surface area contributed by atoms with Gasteiger partial charge >= 0.3 is 0 Å². The summed E-state index contributed by atoms with van der Waals surface area (Å²) < 4.78 is 10.9. The smallest absolute Gasteiger partial charge is 0.0587 e. The molecule has 1 fully saturated rings. The van der Waals surface area contributed by atoms with Gasteiger partial charge in [-0.25, -0.2) is 0 Å². The highest BCUT2D eigenvalue weighted by atomic mass is 16.5. The molecule has 1 aliphatic rings. The maximum atomic E-state index is 5.94. The molecule has 1 aliphatic carbocycles. The first-order chi connectivity index (χ1) is 8.24. The molecule has 3 atom stereocenters. The molecule has 0 amide bonds. The number of hydrogen-bond acceptors (Lipinski definition) is 3. The first-order valence-corrected chi connectivity index (χ1v) is 7.05. The molecule has 102 valence electrons. The van der Waals surface area contributed by atoms with Gasteiger partial charge in [-0.3, -0.25) is 0 Å². The number of methoxy groups -OCH3 is 1. The van der Waals surface area contributed by atoms with E-state index in [4.69, 9.17) is 9.47 Å². The molecule has 0 bridgehead atoms. The average Bonchev–Trinajstić information content (AvgIpc) is 2.32. The molecular formula is C14H29NO2. The Morgan fingerprint density at radius 2 is 1.88 bits per heavy atom. The third-order valence-electron chi connectivity index (χ3n) is 3.88. The van der Waals surface area contributed by atoms with Gasteiger partial charge in [0.1, 0.15) is 0 Å². The monoisotopic (exact) mass is 243 g/mol. The molecule has 0 saturated heterocycles. The Bertz CT molecular complexity index is 187. The summed E-state index contributed by atoms with van der Waals surface area (Å²) in [5.74, 6) is 1.71. The standard InChI is InChI=1S/C14H29NO2/c1-12-5-6-14(11-13(12)2)17-9-4-7-15-8-10-16-3/h12-15H,4-11H2,1-3H3. The Balaban J connectivity index is 1.92. The Morgan fingerprint density at radius 1 is 1.06 bits per heavy atom. The van der Waals surface area contributed by atoms with Crippen molar-refractivity contribution in [2.45, 2.75) is 45.6 Å². The fourth-order valence-corrected chi connectivity index (χ4v) is 2.40. The summed E-state index contributed by atoms with van der Waals surface area (Å²) in [4.78, 5) is 0. The van der Waals surface area contributed by atoms with Crippen LogP contribution in [-0.4, -0.2) is 39.5 Å². The second-order valence-electron chi connectivity index (χ2n) is 5.36. The summed E-state index contributed by atoms with van der Waals surface area (Å²) in [6.07, 6.45) is 5.45. The summed E-state index contributed by atoms with van der Waals surface area (Å²) in [5.41, 5.74) is 0. The lowest BCUT2D eigenvalue weighted by molar-refractivity contribution is 0.00175. The highest BCUT2D eigenvalue weighted by Gasteiger charge is 2.24. The van der Waals surface area contributed by atoms with Crippen LogP contribution < -0.4 is 5.32 Å². The maximum absolute atomic E-state index is 5.94. The second kappa shape index (κ2) is 8.90. The van der Waals surface area contributed by atoms with Gasteiger partial charge in [0, 0.05) is 20.3 Å². The zero-order valence-electron chi connectivity index (χ0n) is 11.7. The van der Waals surface area contributed by atoms with Crippen LogP contribution in [0.2, 0.25) is 0 Å². The average molecular weight is 243 g/mol. The van der Waals surface area contributed by atoms with Gasteiger partial charge in [0.25, 0.3) is 0 Å². The molecule has 0 aromatic carbocycles. The predicted molar refractivity (Wildman–Crippen MR) is 71.3 cm³/mol. The molecule has 3 nitrogen and oxygen atoms in total. The Labute approximate surface area is 106 Å². The van der Waals surface area contributed by atoms with Crippen molar-refractivity contribution in [2.75, 3.05) is 33.4 Å². The quantitative estimate of drug-likeness (QED) is 0.664. The second-order valence-corrected chi connectivity index (χ2v) is 5.36. The van der Waals surface area contributed by atoms with Crippen molar-refractivity contribution in [1.82, 2.24) is 5.32 Å². The normalized spacial score (nSPS) is 29.5. The maximum Gasteiger partial charge on any atom is 0.0587 e. The minimum Gasteiger partial charge on any atom is -0.383 e. The molecule has 1 N–H and O–H groups in total. The molecule has 1 rings (SSSR count). The molecule has 1 saturated carbocycles. The molecule has 0 heterocycles. The molecular weight excluding hydrogens is 214 g/mol. The van der Waals surface area contributed by atoms with Crippen LogP contribution >= 0.6 is 0 Å². The van der Waals surface area contributed by atoms with Crippen LogP contribution in [0.4, 0.5) is 0 Å². The van der Waals surface area contributed by atoms with E-state index in [1.165, 1.54) is 19.3 Å². The van der Waals surface area contributed by atoms with Gasteiger partial charge in [-0.1, -0.05) is 13.8 Å². The Hall–Kier alpha value is -0.120. The van der Waals surface area contributed by atoms with E-state index in [-0.39, 0.29) is 0 Å². The van der Waals surface area contributed by atoms with Crippen LogP contribution in [0.1, 0.15) is 39.5 Å². The first kappa shape index (κ1) is 14.9. The van der Waals surface area contributed by atoms with E-state index in [1.54, 1.807) is 7.11 Å². The fraction of sp³-hybridized carbons (Fsp3) is 1.00. The van der Waals surface area contributed by atoms with E-state index in [0.29, 0.717) is 6.10 Å². The lowest BCUT2D eigenvalue weighted by Gasteiger charge is -2.32. The number of ether oxygens (including phenoxy) is 2. The van der Waals surface area contributed by atoms with Crippen LogP contribution in [0.3, 0.4) is 0 Å².